The highest BCUT2D eigenvalue weighted by Gasteiger charge is 1.92. The number of nitrogens with one attached hydrogen (secondary N) is 2. The van der Waals surface area contributed by atoms with Crippen LogP contribution in [0, 0.1) is 6.92 Å². The lowest BCUT2D eigenvalue weighted by Gasteiger charge is -2.07. The molecule has 0 amide bonds. The van der Waals surface area contributed by atoms with Crippen LogP contribution in [0.3, 0.4) is 0 Å². The molecule has 0 atom stereocenters. The predicted octanol–water partition coefficient (Wildman–Crippen LogP) is 1.04. The smallest absolute Gasteiger partial charge is 0.126 e. The molecular weight excluding hydrogens is 190 g/mol. The Morgan fingerprint density at radius 1 is 1.33 bits per heavy atom. The van der Waals surface area contributed by atoms with Crippen molar-refractivity contribution >= 4 is 5.82 Å². The third-order valence-corrected chi connectivity index (χ3v) is 2.01. The maximum Gasteiger partial charge on any atom is 0.126 e. The van der Waals surface area contributed by atoms with E-state index in [0.717, 1.165) is 32.1 Å². The third kappa shape index (κ3) is 5.34. The molecule has 1 rings (SSSR count). The zero-order chi connectivity index (χ0) is 10.9. The molecule has 4 nitrogen and oxygen atoms in total. The van der Waals surface area contributed by atoms with Crippen molar-refractivity contribution in [2.75, 3.05) is 38.7 Å². The number of pyridine rings is 1. The average molecular weight is 209 g/mol. The first-order valence-corrected chi connectivity index (χ1v) is 5.19. The van der Waals surface area contributed by atoms with Gasteiger partial charge in [0.1, 0.15) is 5.82 Å². The number of anilines is 1. The highest BCUT2D eigenvalue weighted by atomic mass is 16.5. The third-order valence-electron chi connectivity index (χ3n) is 2.01. The molecule has 1 aromatic heterocycles. The van der Waals surface area contributed by atoms with E-state index in [2.05, 4.69) is 22.5 Å². The number of ether oxygens (including phenoxy) is 1. The predicted molar refractivity (Wildman–Crippen MR) is 62.2 cm³/mol. The maximum atomic E-state index is 4.93. The molecule has 0 aliphatic heterocycles. The largest absolute Gasteiger partial charge is 0.383 e. The second-order valence-corrected chi connectivity index (χ2v) is 3.39. The van der Waals surface area contributed by atoms with Crippen molar-refractivity contribution in [2.24, 2.45) is 0 Å². The highest BCUT2D eigenvalue weighted by molar-refractivity contribution is 5.36. The van der Waals surface area contributed by atoms with Crippen molar-refractivity contribution < 1.29 is 4.74 Å². The van der Waals surface area contributed by atoms with Crippen molar-refractivity contribution in [2.45, 2.75) is 6.92 Å². The fourth-order valence-electron chi connectivity index (χ4n) is 1.21. The minimum Gasteiger partial charge on any atom is -0.383 e. The molecular formula is C11H19N3O. The average Bonchev–Trinajstić information content (AvgIpc) is 2.23. The molecule has 0 fully saturated rings. The highest BCUT2D eigenvalue weighted by Crippen LogP contribution is 2.03. The molecule has 15 heavy (non-hydrogen) atoms. The molecule has 0 unspecified atom stereocenters. The molecule has 84 valence electrons. The molecule has 0 bridgehead atoms. The van der Waals surface area contributed by atoms with E-state index in [1.807, 2.05) is 18.3 Å². The maximum absolute atomic E-state index is 4.93. The van der Waals surface area contributed by atoms with E-state index in [-0.39, 0.29) is 0 Å². The van der Waals surface area contributed by atoms with Crippen LogP contribution in [-0.2, 0) is 4.74 Å². The van der Waals surface area contributed by atoms with Crippen molar-refractivity contribution in [1.29, 1.82) is 0 Å². The first-order chi connectivity index (χ1) is 7.33. The van der Waals surface area contributed by atoms with Gasteiger partial charge in [-0.05, 0) is 24.6 Å². The molecule has 1 aromatic rings. The van der Waals surface area contributed by atoms with Gasteiger partial charge in [0, 0.05) is 32.9 Å². The van der Waals surface area contributed by atoms with Gasteiger partial charge in [-0.1, -0.05) is 0 Å². The van der Waals surface area contributed by atoms with Crippen molar-refractivity contribution in [1.82, 2.24) is 10.3 Å². The number of nitrogens with zero attached hydrogens (tertiary/aromatic N) is 1. The number of methoxy groups -OCH3 is 1. The topological polar surface area (TPSA) is 46.2 Å². The van der Waals surface area contributed by atoms with E-state index in [4.69, 9.17) is 4.74 Å². The number of hydrogen-bond acceptors (Lipinski definition) is 4. The van der Waals surface area contributed by atoms with Crippen molar-refractivity contribution in [3.05, 3.63) is 23.9 Å². The Morgan fingerprint density at radius 3 is 2.93 bits per heavy atom. The van der Waals surface area contributed by atoms with E-state index in [1.165, 1.54) is 5.56 Å². The summed E-state index contributed by atoms with van der Waals surface area (Å²) in [6.45, 7) is 5.49. The van der Waals surface area contributed by atoms with E-state index in [9.17, 15) is 0 Å². The van der Waals surface area contributed by atoms with E-state index < -0.39 is 0 Å². The van der Waals surface area contributed by atoms with E-state index in [0.29, 0.717) is 0 Å². The molecule has 0 aliphatic carbocycles. The Morgan fingerprint density at radius 2 is 2.20 bits per heavy atom. The van der Waals surface area contributed by atoms with Gasteiger partial charge in [0.15, 0.2) is 0 Å². The van der Waals surface area contributed by atoms with Gasteiger partial charge in [-0.3, -0.25) is 0 Å². The Labute approximate surface area is 91.1 Å². The van der Waals surface area contributed by atoms with Crippen LogP contribution < -0.4 is 10.6 Å². The number of hydrogen-bond donors (Lipinski definition) is 2. The molecule has 1 heterocycles. The van der Waals surface area contributed by atoms with Gasteiger partial charge in [0.05, 0.1) is 6.61 Å². The zero-order valence-corrected chi connectivity index (χ0v) is 9.42. The normalized spacial score (nSPS) is 10.3. The summed E-state index contributed by atoms with van der Waals surface area (Å²) in [6.07, 6.45) is 1.82. The summed E-state index contributed by atoms with van der Waals surface area (Å²) in [5, 5.41) is 6.50. The monoisotopic (exact) mass is 209 g/mol. The first kappa shape index (κ1) is 11.9. The summed E-state index contributed by atoms with van der Waals surface area (Å²) in [5.74, 6) is 0.934. The molecule has 0 saturated carbocycles. The summed E-state index contributed by atoms with van der Waals surface area (Å²) in [4.78, 5) is 4.21. The second-order valence-electron chi connectivity index (χ2n) is 3.39. The van der Waals surface area contributed by atoms with Gasteiger partial charge in [0.2, 0.25) is 0 Å². The van der Waals surface area contributed by atoms with E-state index >= 15 is 0 Å². The van der Waals surface area contributed by atoms with Gasteiger partial charge in [-0.2, -0.15) is 0 Å². The Hall–Kier alpha value is -1.13. The van der Waals surface area contributed by atoms with Crippen LogP contribution >= 0.6 is 0 Å². The SMILES string of the molecule is COCCNCCNc1cc(C)ccn1. The Kier molecular flexibility index (Phi) is 5.73. The molecule has 0 aliphatic rings. The van der Waals surface area contributed by atoms with Gasteiger partial charge < -0.3 is 15.4 Å². The van der Waals surface area contributed by atoms with Crippen LogP contribution in [0.25, 0.3) is 0 Å². The fraction of sp³-hybridized carbons (Fsp3) is 0.545. The molecule has 0 radical (unpaired) electrons. The summed E-state index contributed by atoms with van der Waals surface area (Å²) >= 11 is 0. The van der Waals surface area contributed by atoms with Crippen molar-refractivity contribution in [3.8, 4) is 0 Å². The summed E-state index contributed by atoms with van der Waals surface area (Å²) in [5.41, 5.74) is 1.22. The molecule has 0 saturated heterocycles. The van der Waals surface area contributed by atoms with E-state index in [1.54, 1.807) is 7.11 Å². The van der Waals surface area contributed by atoms with Gasteiger partial charge >= 0.3 is 0 Å². The Bertz CT molecular complexity index is 278. The lowest BCUT2D eigenvalue weighted by Crippen LogP contribution is -2.25. The van der Waals surface area contributed by atoms with Gasteiger partial charge in [-0.15, -0.1) is 0 Å². The van der Waals surface area contributed by atoms with Crippen LogP contribution in [-0.4, -0.2) is 38.3 Å². The summed E-state index contributed by atoms with van der Waals surface area (Å²) in [6, 6.07) is 4.02. The van der Waals surface area contributed by atoms with Crippen LogP contribution in [0.15, 0.2) is 18.3 Å². The van der Waals surface area contributed by atoms with Gasteiger partial charge in [-0.25, -0.2) is 4.98 Å². The van der Waals surface area contributed by atoms with Gasteiger partial charge in [0.25, 0.3) is 0 Å². The minimum absolute atomic E-state index is 0.753. The van der Waals surface area contributed by atoms with Crippen LogP contribution in [0.4, 0.5) is 5.82 Å². The lowest BCUT2D eigenvalue weighted by atomic mass is 10.3. The fourth-order valence-corrected chi connectivity index (χ4v) is 1.21. The van der Waals surface area contributed by atoms with Crippen LogP contribution in [0.5, 0.6) is 0 Å². The standard InChI is InChI=1S/C11H19N3O/c1-10-3-4-13-11(9-10)14-6-5-12-7-8-15-2/h3-4,9,12H,5-8H2,1-2H3,(H,13,14). The zero-order valence-electron chi connectivity index (χ0n) is 9.42. The quantitative estimate of drug-likeness (QED) is 0.659. The molecule has 0 spiro atoms. The van der Waals surface area contributed by atoms with Crippen LogP contribution in [0.1, 0.15) is 5.56 Å². The summed E-state index contributed by atoms with van der Waals surface area (Å²) < 4.78 is 4.93. The summed E-state index contributed by atoms with van der Waals surface area (Å²) in [7, 11) is 1.70. The second kappa shape index (κ2) is 7.20. The molecule has 2 N–H and O–H groups in total. The number of aryl methyl sites for hydroxylation is 1. The molecule has 0 aromatic carbocycles. The van der Waals surface area contributed by atoms with Crippen molar-refractivity contribution in [3.63, 3.8) is 0 Å². The lowest BCUT2D eigenvalue weighted by molar-refractivity contribution is 0.200. The number of aromatic nitrogens is 1. The minimum atomic E-state index is 0.753. The van der Waals surface area contributed by atoms with Crippen LogP contribution in [0.2, 0.25) is 0 Å². The number of rotatable bonds is 7. The Balaban J connectivity index is 2.10. The first-order valence-electron chi connectivity index (χ1n) is 5.19. The molecule has 4 heteroatoms.